The number of rotatable bonds is 3. The summed E-state index contributed by atoms with van der Waals surface area (Å²) in [5.74, 6) is 1.47. The second-order valence-electron chi connectivity index (χ2n) is 4.61. The van der Waals surface area contributed by atoms with E-state index in [4.69, 9.17) is 21.7 Å². The summed E-state index contributed by atoms with van der Waals surface area (Å²) in [6, 6.07) is 5.61. The summed E-state index contributed by atoms with van der Waals surface area (Å²) in [6.07, 6.45) is 1.77. The molecule has 0 amide bonds. The standard InChI is InChI=1S/C14H16N4O2S/c1-3-18-9(2)11(7-15-18)17-14(21)16-10-4-5-12-13(6-10)20-8-19-12/h4-7H,3,8H2,1-2H3,(H2,16,17,21). The molecule has 0 radical (unpaired) electrons. The van der Waals surface area contributed by atoms with E-state index in [1.54, 1.807) is 6.20 Å². The second kappa shape index (κ2) is 5.61. The first kappa shape index (κ1) is 13.7. The van der Waals surface area contributed by atoms with Gasteiger partial charge in [0.15, 0.2) is 16.6 Å². The molecule has 1 aromatic carbocycles. The number of thiocarbonyl (C=S) groups is 1. The van der Waals surface area contributed by atoms with E-state index >= 15 is 0 Å². The van der Waals surface area contributed by atoms with Gasteiger partial charge in [0, 0.05) is 18.3 Å². The molecule has 7 heteroatoms. The Morgan fingerprint density at radius 3 is 2.90 bits per heavy atom. The maximum Gasteiger partial charge on any atom is 0.231 e. The number of aromatic nitrogens is 2. The Morgan fingerprint density at radius 1 is 1.33 bits per heavy atom. The van der Waals surface area contributed by atoms with Gasteiger partial charge in [0.05, 0.1) is 17.6 Å². The fourth-order valence-corrected chi connectivity index (χ4v) is 2.37. The minimum absolute atomic E-state index is 0.261. The molecule has 0 bridgehead atoms. The van der Waals surface area contributed by atoms with Crippen LogP contribution in [0.5, 0.6) is 11.5 Å². The summed E-state index contributed by atoms with van der Waals surface area (Å²) in [4.78, 5) is 0. The molecule has 0 unspecified atom stereocenters. The van der Waals surface area contributed by atoms with Gasteiger partial charge in [-0.1, -0.05) is 0 Å². The SMILES string of the molecule is CCn1ncc(NC(=S)Nc2ccc3c(c2)OCO3)c1C. The maximum atomic E-state index is 5.34. The topological polar surface area (TPSA) is 60.3 Å². The summed E-state index contributed by atoms with van der Waals surface area (Å²) in [7, 11) is 0. The van der Waals surface area contributed by atoms with Crippen molar-refractivity contribution < 1.29 is 9.47 Å². The van der Waals surface area contributed by atoms with Gasteiger partial charge in [0.2, 0.25) is 6.79 Å². The zero-order chi connectivity index (χ0) is 14.8. The number of anilines is 2. The van der Waals surface area contributed by atoms with Crippen LogP contribution in [0, 0.1) is 6.92 Å². The van der Waals surface area contributed by atoms with Gasteiger partial charge in [-0.15, -0.1) is 0 Å². The Kier molecular flexibility index (Phi) is 3.66. The van der Waals surface area contributed by atoms with E-state index in [1.807, 2.05) is 36.7 Å². The summed E-state index contributed by atoms with van der Waals surface area (Å²) in [6.45, 7) is 5.14. The molecule has 1 aromatic heterocycles. The van der Waals surface area contributed by atoms with Gasteiger partial charge in [0.1, 0.15) is 0 Å². The first-order valence-corrected chi connectivity index (χ1v) is 7.08. The lowest BCUT2D eigenvalue weighted by molar-refractivity contribution is 0.174. The van der Waals surface area contributed by atoms with E-state index in [-0.39, 0.29) is 6.79 Å². The molecule has 110 valence electrons. The van der Waals surface area contributed by atoms with Crippen molar-refractivity contribution in [2.75, 3.05) is 17.4 Å². The largest absolute Gasteiger partial charge is 0.454 e. The predicted molar refractivity (Wildman–Crippen MR) is 85.0 cm³/mol. The monoisotopic (exact) mass is 304 g/mol. The third kappa shape index (κ3) is 2.78. The third-order valence-corrected chi connectivity index (χ3v) is 3.49. The van der Waals surface area contributed by atoms with E-state index in [2.05, 4.69) is 15.7 Å². The van der Waals surface area contributed by atoms with Crippen molar-refractivity contribution >= 4 is 28.7 Å². The van der Waals surface area contributed by atoms with Gasteiger partial charge in [-0.05, 0) is 38.2 Å². The van der Waals surface area contributed by atoms with Gasteiger partial charge in [-0.3, -0.25) is 4.68 Å². The van der Waals surface area contributed by atoms with Crippen LogP contribution in [-0.4, -0.2) is 21.7 Å². The van der Waals surface area contributed by atoms with Crippen molar-refractivity contribution in [2.45, 2.75) is 20.4 Å². The summed E-state index contributed by atoms with van der Waals surface area (Å²) in [5, 5.41) is 11.0. The van der Waals surface area contributed by atoms with Crippen LogP contribution in [-0.2, 0) is 6.54 Å². The van der Waals surface area contributed by atoms with Crippen LogP contribution in [0.2, 0.25) is 0 Å². The van der Waals surface area contributed by atoms with Crippen molar-refractivity contribution in [3.8, 4) is 11.5 Å². The number of hydrogen-bond donors (Lipinski definition) is 2. The van der Waals surface area contributed by atoms with Crippen LogP contribution in [0.3, 0.4) is 0 Å². The molecule has 0 saturated carbocycles. The predicted octanol–water partition coefficient (Wildman–Crippen LogP) is 2.75. The lowest BCUT2D eigenvalue weighted by Crippen LogP contribution is -2.19. The molecule has 1 aliphatic rings. The van der Waals surface area contributed by atoms with Crippen molar-refractivity contribution in [1.82, 2.24) is 9.78 Å². The first-order valence-electron chi connectivity index (χ1n) is 6.67. The average molecular weight is 304 g/mol. The highest BCUT2D eigenvalue weighted by Crippen LogP contribution is 2.34. The van der Waals surface area contributed by atoms with Crippen molar-refractivity contribution in [3.05, 3.63) is 30.1 Å². The Morgan fingerprint density at radius 2 is 2.14 bits per heavy atom. The minimum atomic E-state index is 0.261. The fraction of sp³-hybridized carbons (Fsp3) is 0.286. The number of benzene rings is 1. The fourth-order valence-electron chi connectivity index (χ4n) is 2.15. The summed E-state index contributed by atoms with van der Waals surface area (Å²) >= 11 is 5.32. The van der Waals surface area contributed by atoms with Crippen LogP contribution < -0.4 is 20.1 Å². The highest BCUT2D eigenvalue weighted by Gasteiger charge is 2.14. The second-order valence-corrected chi connectivity index (χ2v) is 5.01. The van der Waals surface area contributed by atoms with Crippen LogP contribution in [0.1, 0.15) is 12.6 Å². The highest BCUT2D eigenvalue weighted by atomic mass is 32.1. The van der Waals surface area contributed by atoms with Crippen LogP contribution in [0.25, 0.3) is 0 Å². The van der Waals surface area contributed by atoms with Gasteiger partial charge in [-0.2, -0.15) is 5.10 Å². The molecule has 0 saturated heterocycles. The number of aryl methyl sites for hydroxylation is 1. The Hall–Kier alpha value is -2.28. The highest BCUT2D eigenvalue weighted by molar-refractivity contribution is 7.80. The molecule has 0 spiro atoms. The number of nitrogens with one attached hydrogen (secondary N) is 2. The normalized spacial score (nSPS) is 12.3. The molecule has 2 heterocycles. The van der Waals surface area contributed by atoms with E-state index in [1.165, 1.54) is 0 Å². The van der Waals surface area contributed by atoms with Gasteiger partial charge >= 0.3 is 0 Å². The zero-order valence-electron chi connectivity index (χ0n) is 11.8. The smallest absolute Gasteiger partial charge is 0.231 e. The molecule has 6 nitrogen and oxygen atoms in total. The van der Waals surface area contributed by atoms with Gasteiger partial charge < -0.3 is 20.1 Å². The van der Waals surface area contributed by atoms with Crippen molar-refractivity contribution in [2.24, 2.45) is 0 Å². The van der Waals surface area contributed by atoms with Crippen molar-refractivity contribution in [1.29, 1.82) is 0 Å². The Labute approximate surface area is 128 Å². The van der Waals surface area contributed by atoms with Crippen LogP contribution in [0.15, 0.2) is 24.4 Å². The molecule has 0 atom stereocenters. The number of nitrogens with zero attached hydrogens (tertiary/aromatic N) is 2. The molecule has 3 rings (SSSR count). The zero-order valence-corrected chi connectivity index (χ0v) is 12.7. The molecular formula is C14H16N4O2S. The minimum Gasteiger partial charge on any atom is -0.454 e. The quantitative estimate of drug-likeness (QED) is 0.850. The molecule has 0 fully saturated rings. The lowest BCUT2D eigenvalue weighted by Gasteiger charge is -2.10. The Balaban J connectivity index is 1.67. The average Bonchev–Trinajstić information content (AvgIpc) is 3.06. The van der Waals surface area contributed by atoms with Gasteiger partial charge in [0.25, 0.3) is 0 Å². The summed E-state index contributed by atoms with van der Waals surface area (Å²) in [5.41, 5.74) is 2.79. The first-order chi connectivity index (χ1) is 10.2. The van der Waals surface area contributed by atoms with E-state index in [0.29, 0.717) is 5.11 Å². The summed E-state index contributed by atoms with van der Waals surface area (Å²) < 4.78 is 12.5. The van der Waals surface area contributed by atoms with E-state index in [0.717, 1.165) is 35.1 Å². The number of hydrogen-bond acceptors (Lipinski definition) is 4. The molecule has 21 heavy (non-hydrogen) atoms. The maximum absolute atomic E-state index is 5.34. The van der Waals surface area contributed by atoms with Crippen molar-refractivity contribution in [3.63, 3.8) is 0 Å². The van der Waals surface area contributed by atoms with Crippen LogP contribution in [0.4, 0.5) is 11.4 Å². The number of ether oxygens (including phenoxy) is 2. The number of fused-ring (bicyclic) bond motifs is 1. The molecule has 2 N–H and O–H groups in total. The molecule has 1 aliphatic heterocycles. The molecular weight excluding hydrogens is 288 g/mol. The Bertz CT molecular complexity index is 684. The van der Waals surface area contributed by atoms with E-state index < -0.39 is 0 Å². The molecule has 0 aliphatic carbocycles. The van der Waals surface area contributed by atoms with Gasteiger partial charge in [-0.25, -0.2) is 0 Å². The van der Waals surface area contributed by atoms with Crippen LogP contribution >= 0.6 is 12.2 Å². The van der Waals surface area contributed by atoms with E-state index in [9.17, 15) is 0 Å². The third-order valence-electron chi connectivity index (χ3n) is 3.28. The lowest BCUT2D eigenvalue weighted by atomic mass is 10.3. The molecule has 2 aromatic rings.